The fraction of sp³-hybridized carbons (Fsp3) is 0.500. The van der Waals surface area contributed by atoms with E-state index in [1.165, 1.54) is 11.8 Å². The van der Waals surface area contributed by atoms with Gasteiger partial charge in [0.05, 0.1) is 18.3 Å². The van der Waals surface area contributed by atoms with Crippen LogP contribution in [0.4, 0.5) is 5.69 Å². The lowest BCUT2D eigenvalue weighted by molar-refractivity contribution is -0.149. The van der Waals surface area contributed by atoms with E-state index in [4.69, 9.17) is 4.74 Å². The van der Waals surface area contributed by atoms with Crippen LogP contribution < -0.4 is 5.32 Å². The van der Waals surface area contributed by atoms with Gasteiger partial charge in [0.25, 0.3) is 5.91 Å². The van der Waals surface area contributed by atoms with Gasteiger partial charge < -0.3 is 10.1 Å². The number of nitrogens with one attached hydrogen (secondary N) is 1. The minimum absolute atomic E-state index is 0.00291. The Morgan fingerprint density at radius 3 is 2.20 bits per heavy atom. The maximum absolute atomic E-state index is 12.6. The minimum atomic E-state index is -0.641. The van der Waals surface area contributed by atoms with Crippen molar-refractivity contribution in [3.8, 4) is 0 Å². The number of hydrogen-bond donors (Lipinski definition) is 1. The first kappa shape index (κ1) is 20.3. The Balaban J connectivity index is 1.21. The van der Waals surface area contributed by atoms with Crippen molar-refractivity contribution < 1.29 is 28.7 Å². The van der Waals surface area contributed by atoms with E-state index in [2.05, 4.69) is 5.32 Å². The van der Waals surface area contributed by atoms with Crippen LogP contribution in [0.1, 0.15) is 43.0 Å². The molecule has 4 rings (SSSR count). The first-order chi connectivity index (χ1) is 14.3. The molecule has 158 valence electrons. The maximum Gasteiger partial charge on any atom is 0.308 e. The van der Waals surface area contributed by atoms with Crippen molar-refractivity contribution in [1.82, 2.24) is 4.90 Å². The van der Waals surface area contributed by atoms with E-state index in [1.54, 1.807) is 24.3 Å². The zero-order valence-electron chi connectivity index (χ0n) is 16.8. The van der Waals surface area contributed by atoms with Gasteiger partial charge in [0.2, 0.25) is 11.8 Å². The number of hydrogen-bond acceptors (Lipinski definition) is 6. The Kier molecular flexibility index (Phi) is 5.40. The van der Waals surface area contributed by atoms with Gasteiger partial charge in [-0.15, -0.1) is 0 Å². The Morgan fingerprint density at radius 1 is 1.03 bits per heavy atom. The summed E-state index contributed by atoms with van der Waals surface area (Å²) in [4.78, 5) is 61.6. The zero-order chi connectivity index (χ0) is 21.4. The topological polar surface area (TPSA) is 110 Å². The molecule has 0 spiro atoms. The average molecular weight is 412 g/mol. The number of carbonyl (C=O) groups excluding carboxylic acids is 5. The molecule has 2 saturated carbocycles. The van der Waals surface area contributed by atoms with Crippen molar-refractivity contribution in [1.29, 1.82) is 0 Å². The molecule has 1 aromatic rings. The summed E-state index contributed by atoms with van der Waals surface area (Å²) in [5.41, 5.74) is 1.01. The molecule has 2 bridgehead atoms. The quantitative estimate of drug-likeness (QED) is 0.415. The van der Waals surface area contributed by atoms with Gasteiger partial charge in [-0.25, -0.2) is 0 Å². The highest BCUT2D eigenvalue weighted by Crippen LogP contribution is 2.56. The van der Waals surface area contributed by atoms with Crippen molar-refractivity contribution in [3.05, 3.63) is 29.8 Å². The molecule has 1 aliphatic heterocycles. The molecular formula is C22H24N2O6. The Hall–Kier alpha value is -3.03. The van der Waals surface area contributed by atoms with Crippen molar-refractivity contribution in [2.45, 2.75) is 32.6 Å². The van der Waals surface area contributed by atoms with Crippen molar-refractivity contribution in [2.24, 2.45) is 23.7 Å². The van der Waals surface area contributed by atoms with E-state index in [0.717, 1.165) is 19.3 Å². The van der Waals surface area contributed by atoms with Gasteiger partial charge in [0.1, 0.15) is 0 Å². The molecule has 30 heavy (non-hydrogen) atoms. The molecule has 8 nitrogen and oxygen atoms in total. The maximum atomic E-state index is 12.6. The van der Waals surface area contributed by atoms with E-state index in [-0.39, 0.29) is 42.4 Å². The lowest BCUT2D eigenvalue weighted by Crippen LogP contribution is -2.35. The fourth-order valence-corrected chi connectivity index (χ4v) is 5.10. The van der Waals surface area contributed by atoms with Crippen LogP contribution in [-0.2, 0) is 23.9 Å². The van der Waals surface area contributed by atoms with Crippen LogP contribution in [0, 0.1) is 23.7 Å². The molecule has 3 fully saturated rings. The molecule has 3 amide bonds. The number of rotatable bonds is 7. The molecule has 0 aromatic heterocycles. The number of benzene rings is 1. The number of amides is 3. The summed E-state index contributed by atoms with van der Waals surface area (Å²) < 4.78 is 4.96. The van der Waals surface area contributed by atoms with E-state index < -0.39 is 18.5 Å². The Bertz CT molecular complexity index is 881. The summed E-state index contributed by atoms with van der Waals surface area (Å²) in [5.74, 6) is -1.33. The number of imide groups is 1. The minimum Gasteiger partial charge on any atom is -0.456 e. The number of Topliss-reactive ketones (excluding diaryl/α,β-unsaturated/α-hetero) is 1. The smallest absolute Gasteiger partial charge is 0.308 e. The first-order valence-electron chi connectivity index (χ1n) is 10.3. The summed E-state index contributed by atoms with van der Waals surface area (Å²) in [7, 11) is 0. The fourth-order valence-electron chi connectivity index (χ4n) is 5.10. The van der Waals surface area contributed by atoms with E-state index in [1.807, 2.05) is 0 Å². The third-order valence-electron chi connectivity index (χ3n) is 6.50. The SMILES string of the molecule is CC(=O)c1ccc(NC(=O)COC(=O)CCN2C(=O)[C@H]3[C@@H]4CC[C@@H](C4)[C@@H]3C2=O)cc1. The van der Waals surface area contributed by atoms with Crippen molar-refractivity contribution >= 4 is 35.2 Å². The monoisotopic (exact) mass is 412 g/mol. The molecule has 1 heterocycles. The van der Waals surface area contributed by atoms with Gasteiger partial charge in [-0.2, -0.15) is 0 Å². The largest absolute Gasteiger partial charge is 0.456 e. The van der Waals surface area contributed by atoms with Gasteiger partial charge in [-0.3, -0.25) is 28.9 Å². The van der Waals surface area contributed by atoms with E-state index >= 15 is 0 Å². The third kappa shape index (κ3) is 3.74. The highest BCUT2D eigenvalue weighted by atomic mass is 16.5. The van der Waals surface area contributed by atoms with Crippen LogP contribution in [0.5, 0.6) is 0 Å². The van der Waals surface area contributed by atoms with Gasteiger partial charge >= 0.3 is 5.97 Å². The van der Waals surface area contributed by atoms with Gasteiger partial charge in [-0.05, 0) is 62.3 Å². The molecule has 0 unspecified atom stereocenters. The molecule has 0 radical (unpaired) electrons. The number of likely N-dealkylation sites (tertiary alicyclic amines) is 1. The summed E-state index contributed by atoms with van der Waals surface area (Å²) in [5, 5.41) is 2.57. The number of fused-ring (bicyclic) bond motifs is 5. The van der Waals surface area contributed by atoms with Gasteiger partial charge in [0, 0.05) is 17.8 Å². The van der Waals surface area contributed by atoms with Gasteiger partial charge in [-0.1, -0.05) is 0 Å². The molecule has 2 aliphatic carbocycles. The zero-order valence-corrected chi connectivity index (χ0v) is 16.8. The molecule has 1 saturated heterocycles. The van der Waals surface area contributed by atoms with E-state index in [0.29, 0.717) is 23.1 Å². The van der Waals surface area contributed by atoms with Crippen LogP contribution in [0.15, 0.2) is 24.3 Å². The van der Waals surface area contributed by atoms with Crippen LogP contribution >= 0.6 is 0 Å². The number of esters is 1. The highest BCUT2D eigenvalue weighted by Gasteiger charge is 2.60. The Labute approximate surface area is 173 Å². The second-order valence-electron chi connectivity index (χ2n) is 8.31. The predicted molar refractivity (Wildman–Crippen MR) is 105 cm³/mol. The Morgan fingerprint density at radius 2 is 1.63 bits per heavy atom. The average Bonchev–Trinajstić information content (AvgIpc) is 3.40. The molecule has 1 N–H and O–H groups in total. The lowest BCUT2D eigenvalue weighted by Gasteiger charge is -2.19. The standard InChI is InChI=1S/C22H24N2O6/c1-12(25)13-4-6-16(7-5-13)23-17(26)11-30-18(27)8-9-24-21(28)19-14-2-3-15(10-14)20(19)22(24)29/h4-7,14-15,19-20H,2-3,8-11H2,1H3,(H,23,26)/t14-,15+,19-,20-/m0/s1. The highest BCUT2D eigenvalue weighted by molar-refractivity contribution is 6.06. The number of nitrogens with zero attached hydrogens (tertiary/aromatic N) is 1. The van der Waals surface area contributed by atoms with Crippen LogP contribution in [0.2, 0.25) is 0 Å². The number of anilines is 1. The normalized spacial score (nSPS) is 26.6. The second kappa shape index (κ2) is 8.01. The summed E-state index contributed by atoms with van der Waals surface area (Å²) >= 11 is 0. The van der Waals surface area contributed by atoms with Crippen LogP contribution in [0.25, 0.3) is 0 Å². The van der Waals surface area contributed by atoms with Gasteiger partial charge in [0.15, 0.2) is 12.4 Å². The lowest BCUT2D eigenvalue weighted by atomic mass is 9.81. The second-order valence-corrected chi connectivity index (χ2v) is 8.31. The first-order valence-corrected chi connectivity index (χ1v) is 10.3. The van der Waals surface area contributed by atoms with Crippen LogP contribution in [0.3, 0.4) is 0 Å². The number of carbonyl (C=O) groups is 5. The summed E-state index contributed by atoms with van der Waals surface area (Å²) in [6.07, 6.45) is 2.85. The predicted octanol–water partition coefficient (Wildman–Crippen LogP) is 1.79. The van der Waals surface area contributed by atoms with Crippen molar-refractivity contribution in [2.75, 3.05) is 18.5 Å². The van der Waals surface area contributed by atoms with E-state index in [9.17, 15) is 24.0 Å². The number of ether oxygens (including phenoxy) is 1. The number of ketones is 1. The third-order valence-corrected chi connectivity index (χ3v) is 6.50. The van der Waals surface area contributed by atoms with Crippen molar-refractivity contribution in [3.63, 3.8) is 0 Å². The molecule has 8 heteroatoms. The molecular weight excluding hydrogens is 388 g/mol. The summed E-state index contributed by atoms with van der Waals surface area (Å²) in [6, 6.07) is 6.36. The molecule has 4 atom stereocenters. The molecule has 1 aromatic carbocycles. The molecule has 3 aliphatic rings. The summed E-state index contributed by atoms with van der Waals surface area (Å²) in [6.45, 7) is 0.981. The van der Waals surface area contributed by atoms with Crippen LogP contribution in [-0.4, -0.2) is 47.5 Å².